The Kier molecular flexibility index (Phi) is 5.75. The standard InChI is InChI=1S/C14H11ClFNO3/c1-2-4-12(14(19)20)17-13(18)8-7-9-10(15)5-3-6-11(9)16/h1,3,5-8,12H,4H2,(H,17,18)(H,19,20)/b8-7+. The Morgan fingerprint density at radius 2 is 2.25 bits per heavy atom. The van der Waals surface area contributed by atoms with Crippen LogP contribution >= 0.6 is 11.6 Å². The Morgan fingerprint density at radius 3 is 2.80 bits per heavy atom. The van der Waals surface area contributed by atoms with Crippen molar-refractivity contribution in [1.29, 1.82) is 0 Å². The number of nitrogens with one attached hydrogen (secondary N) is 1. The van der Waals surface area contributed by atoms with E-state index in [0.29, 0.717) is 0 Å². The smallest absolute Gasteiger partial charge is 0.327 e. The summed E-state index contributed by atoms with van der Waals surface area (Å²) in [5.74, 6) is -0.382. The summed E-state index contributed by atoms with van der Waals surface area (Å²) in [5, 5.41) is 11.2. The molecule has 1 aromatic carbocycles. The van der Waals surface area contributed by atoms with E-state index in [1.165, 1.54) is 24.3 Å². The Balaban J connectivity index is 2.78. The minimum Gasteiger partial charge on any atom is -0.480 e. The van der Waals surface area contributed by atoms with Crippen molar-refractivity contribution >= 4 is 29.6 Å². The predicted octanol–water partition coefficient (Wildman–Crippen LogP) is 2.08. The highest BCUT2D eigenvalue weighted by Gasteiger charge is 2.17. The number of terminal acetylenes is 1. The molecule has 104 valence electrons. The van der Waals surface area contributed by atoms with Crippen LogP contribution < -0.4 is 5.32 Å². The van der Waals surface area contributed by atoms with E-state index < -0.39 is 23.7 Å². The molecule has 0 radical (unpaired) electrons. The first-order valence-corrected chi connectivity index (χ1v) is 5.92. The maximum absolute atomic E-state index is 13.4. The van der Waals surface area contributed by atoms with Gasteiger partial charge in [-0.1, -0.05) is 17.7 Å². The van der Waals surface area contributed by atoms with Crippen LogP contribution in [0, 0.1) is 18.2 Å². The predicted molar refractivity (Wildman–Crippen MR) is 73.5 cm³/mol. The molecule has 0 aliphatic carbocycles. The molecule has 20 heavy (non-hydrogen) atoms. The monoisotopic (exact) mass is 295 g/mol. The van der Waals surface area contributed by atoms with Gasteiger partial charge in [0.25, 0.3) is 0 Å². The molecule has 0 saturated heterocycles. The largest absolute Gasteiger partial charge is 0.480 e. The number of carbonyl (C=O) groups excluding carboxylic acids is 1. The first-order chi connectivity index (χ1) is 9.45. The van der Waals surface area contributed by atoms with Gasteiger partial charge in [0.15, 0.2) is 0 Å². The molecule has 0 aliphatic rings. The molecule has 4 nitrogen and oxygen atoms in total. The minimum absolute atomic E-state index is 0.0492. The van der Waals surface area contributed by atoms with E-state index >= 15 is 0 Å². The molecule has 0 heterocycles. The number of hydrogen-bond donors (Lipinski definition) is 2. The third-order valence-electron chi connectivity index (χ3n) is 2.34. The van der Waals surface area contributed by atoms with Gasteiger partial charge < -0.3 is 10.4 Å². The molecule has 1 atom stereocenters. The van der Waals surface area contributed by atoms with Crippen molar-refractivity contribution in [3.63, 3.8) is 0 Å². The summed E-state index contributed by atoms with van der Waals surface area (Å²) < 4.78 is 13.4. The average Bonchev–Trinajstić information content (AvgIpc) is 2.37. The lowest BCUT2D eigenvalue weighted by molar-refractivity contribution is -0.141. The third kappa shape index (κ3) is 4.41. The summed E-state index contributed by atoms with van der Waals surface area (Å²) in [6.07, 6.45) is 7.02. The molecule has 0 fully saturated rings. The Hall–Kier alpha value is -2.32. The number of carboxylic acids is 1. The lowest BCUT2D eigenvalue weighted by Crippen LogP contribution is -2.39. The van der Waals surface area contributed by atoms with Crippen molar-refractivity contribution in [2.24, 2.45) is 0 Å². The molecule has 1 unspecified atom stereocenters. The van der Waals surface area contributed by atoms with Gasteiger partial charge >= 0.3 is 5.97 Å². The molecule has 1 rings (SSSR count). The number of carbonyl (C=O) groups is 2. The van der Waals surface area contributed by atoms with Crippen LogP contribution in [0.3, 0.4) is 0 Å². The number of rotatable bonds is 5. The molecule has 0 aliphatic heterocycles. The number of benzene rings is 1. The summed E-state index contributed by atoms with van der Waals surface area (Å²) in [7, 11) is 0. The number of amides is 1. The van der Waals surface area contributed by atoms with Gasteiger partial charge in [-0.3, -0.25) is 4.79 Å². The molecule has 1 aromatic rings. The van der Waals surface area contributed by atoms with Gasteiger partial charge in [0.1, 0.15) is 11.9 Å². The van der Waals surface area contributed by atoms with Gasteiger partial charge in [0, 0.05) is 18.1 Å². The van der Waals surface area contributed by atoms with Gasteiger partial charge in [-0.05, 0) is 18.2 Å². The molecule has 2 N–H and O–H groups in total. The van der Waals surface area contributed by atoms with Crippen LogP contribution in [0.5, 0.6) is 0 Å². The van der Waals surface area contributed by atoms with Gasteiger partial charge in [-0.15, -0.1) is 12.3 Å². The van der Waals surface area contributed by atoms with Crippen molar-refractivity contribution in [1.82, 2.24) is 5.32 Å². The van der Waals surface area contributed by atoms with Gasteiger partial charge in [0.05, 0.1) is 5.02 Å². The molecule has 0 aromatic heterocycles. The second kappa shape index (κ2) is 7.31. The summed E-state index contributed by atoms with van der Waals surface area (Å²) in [5.41, 5.74) is 0.0492. The SMILES string of the molecule is C#CCC(NC(=O)/C=C/c1c(F)cccc1Cl)C(=O)O. The second-order valence-electron chi connectivity index (χ2n) is 3.78. The minimum atomic E-state index is -1.24. The van der Waals surface area contributed by atoms with Gasteiger partial charge in [-0.2, -0.15) is 0 Å². The molecule has 1 amide bonds. The normalized spacial score (nSPS) is 11.8. The Labute approximate surface area is 120 Å². The third-order valence-corrected chi connectivity index (χ3v) is 2.67. The summed E-state index contributed by atoms with van der Waals surface area (Å²) in [4.78, 5) is 22.3. The quantitative estimate of drug-likeness (QED) is 0.646. The summed E-state index contributed by atoms with van der Waals surface area (Å²) >= 11 is 5.78. The van der Waals surface area contributed by atoms with Crippen molar-refractivity contribution in [2.75, 3.05) is 0 Å². The molecule has 0 spiro atoms. The van der Waals surface area contributed by atoms with Crippen molar-refractivity contribution < 1.29 is 19.1 Å². The maximum Gasteiger partial charge on any atom is 0.327 e. The molecule has 6 heteroatoms. The van der Waals surface area contributed by atoms with Crippen LogP contribution in [0.15, 0.2) is 24.3 Å². The van der Waals surface area contributed by atoms with Gasteiger partial charge in [0.2, 0.25) is 5.91 Å². The zero-order valence-electron chi connectivity index (χ0n) is 10.3. The van der Waals surface area contributed by atoms with E-state index in [1.807, 2.05) is 0 Å². The van der Waals surface area contributed by atoms with Crippen LogP contribution in [0.2, 0.25) is 5.02 Å². The number of aliphatic carboxylic acids is 1. The average molecular weight is 296 g/mol. The van der Waals surface area contributed by atoms with E-state index in [0.717, 1.165) is 6.08 Å². The fraction of sp³-hybridized carbons (Fsp3) is 0.143. The van der Waals surface area contributed by atoms with Crippen LogP contribution in [0.25, 0.3) is 6.08 Å². The highest BCUT2D eigenvalue weighted by molar-refractivity contribution is 6.32. The van der Waals surface area contributed by atoms with E-state index in [4.69, 9.17) is 23.1 Å². The topological polar surface area (TPSA) is 66.4 Å². The second-order valence-corrected chi connectivity index (χ2v) is 4.18. The highest BCUT2D eigenvalue weighted by Crippen LogP contribution is 2.20. The molecular weight excluding hydrogens is 285 g/mol. The Morgan fingerprint density at radius 1 is 1.55 bits per heavy atom. The number of halogens is 2. The highest BCUT2D eigenvalue weighted by atomic mass is 35.5. The zero-order valence-corrected chi connectivity index (χ0v) is 11.0. The van der Waals surface area contributed by atoms with Crippen LogP contribution in [-0.4, -0.2) is 23.0 Å². The maximum atomic E-state index is 13.4. The fourth-order valence-electron chi connectivity index (χ4n) is 1.37. The lowest BCUT2D eigenvalue weighted by atomic mass is 10.2. The van der Waals surface area contributed by atoms with Crippen molar-refractivity contribution in [2.45, 2.75) is 12.5 Å². The first-order valence-electron chi connectivity index (χ1n) is 5.54. The van der Waals surface area contributed by atoms with Crippen LogP contribution in [0.4, 0.5) is 4.39 Å². The first kappa shape index (κ1) is 15.7. The fourth-order valence-corrected chi connectivity index (χ4v) is 1.59. The molecule has 0 saturated carbocycles. The number of carboxylic acid groups (broad SMARTS) is 1. The van der Waals surface area contributed by atoms with Crippen molar-refractivity contribution in [3.8, 4) is 12.3 Å². The van der Waals surface area contributed by atoms with E-state index in [1.54, 1.807) is 0 Å². The van der Waals surface area contributed by atoms with Gasteiger partial charge in [-0.25, -0.2) is 9.18 Å². The van der Waals surface area contributed by atoms with E-state index in [9.17, 15) is 14.0 Å². The van der Waals surface area contributed by atoms with Crippen LogP contribution in [-0.2, 0) is 9.59 Å². The van der Waals surface area contributed by atoms with E-state index in [-0.39, 0.29) is 17.0 Å². The van der Waals surface area contributed by atoms with Crippen LogP contribution in [0.1, 0.15) is 12.0 Å². The number of hydrogen-bond acceptors (Lipinski definition) is 2. The van der Waals surface area contributed by atoms with Crippen molar-refractivity contribution in [3.05, 3.63) is 40.7 Å². The molecular formula is C14H11ClFNO3. The van der Waals surface area contributed by atoms with E-state index in [2.05, 4.69) is 11.2 Å². The summed E-state index contributed by atoms with van der Waals surface area (Å²) in [6, 6.07) is 2.92. The zero-order chi connectivity index (χ0) is 15.1. The Bertz CT molecular complexity index is 572. The summed E-state index contributed by atoms with van der Waals surface area (Å²) in [6.45, 7) is 0. The lowest BCUT2D eigenvalue weighted by Gasteiger charge is -2.09. The molecule has 0 bridgehead atoms.